The Balaban J connectivity index is 2.00. The van der Waals surface area contributed by atoms with E-state index in [1.165, 1.54) is 0 Å². The quantitative estimate of drug-likeness (QED) is 0.367. The minimum Gasteiger partial charge on any atom is -0.399 e. The van der Waals surface area contributed by atoms with Crippen molar-refractivity contribution in [3.05, 3.63) is 53.9 Å². The summed E-state index contributed by atoms with van der Waals surface area (Å²) >= 11 is 0. The van der Waals surface area contributed by atoms with Crippen molar-refractivity contribution in [2.45, 2.75) is 32.4 Å². The number of benzene rings is 1. The number of carbonyl (C=O) groups excluding carboxylic acids is 1. The summed E-state index contributed by atoms with van der Waals surface area (Å²) in [5.41, 5.74) is 7.58. The zero-order valence-corrected chi connectivity index (χ0v) is 14.5. The molecule has 2 rings (SSSR count). The fourth-order valence-corrected chi connectivity index (χ4v) is 2.81. The van der Waals surface area contributed by atoms with Crippen LogP contribution in [0.15, 0.2) is 42.6 Å². The molecule has 118 valence electrons. The number of ether oxygens (including phenoxy) is 1. The third-order valence-electron chi connectivity index (χ3n) is 3.46. The lowest BCUT2D eigenvalue weighted by atomic mass is 10.1. The van der Waals surface area contributed by atoms with Crippen LogP contribution >= 0.6 is 0 Å². The van der Waals surface area contributed by atoms with Gasteiger partial charge in [0.15, 0.2) is 0 Å². The van der Waals surface area contributed by atoms with Crippen LogP contribution in [0.25, 0.3) is 0 Å². The van der Waals surface area contributed by atoms with Crippen LogP contribution in [0.5, 0.6) is 0 Å². The number of anilines is 1. The second-order valence-corrected chi connectivity index (χ2v) is 12.3. The number of ketones is 1. The van der Waals surface area contributed by atoms with Crippen molar-refractivity contribution in [2.75, 3.05) is 12.3 Å². The Hall–Kier alpha value is -1.85. The first-order valence-corrected chi connectivity index (χ1v) is 11.2. The van der Waals surface area contributed by atoms with E-state index in [-0.39, 0.29) is 5.78 Å². The molecule has 0 saturated carbocycles. The molecule has 0 aliphatic rings. The number of aromatic nitrogens is 1. The van der Waals surface area contributed by atoms with Crippen molar-refractivity contribution in [3.63, 3.8) is 0 Å². The summed E-state index contributed by atoms with van der Waals surface area (Å²) in [7, 11) is -1.09. The molecule has 22 heavy (non-hydrogen) atoms. The van der Waals surface area contributed by atoms with Gasteiger partial charge in [0.1, 0.15) is 6.73 Å². The van der Waals surface area contributed by atoms with Gasteiger partial charge in [0.25, 0.3) is 0 Å². The molecular formula is C17H24N2O2Si. The Labute approximate surface area is 132 Å². The molecule has 1 aromatic heterocycles. The predicted molar refractivity (Wildman–Crippen MR) is 92.8 cm³/mol. The monoisotopic (exact) mass is 316 g/mol. The van der Waals surface area contributed by atoms with Crippen LogP contribution in [-0.2, 0) is 11.5 Å². The molecule has 0 saturated heterocycles. The van der Waals surface area contributed by atoms with Crippen LogP contribution in [0.3, 0.4) is 0 Å². The molecule has 0 atom stereocenters. The summed E-state index contributed by atoms with van der Waals surface area (Å²) in [4.78, 5) is 12.5. The molecule has 0 aliphatic heterocycles. The van der Waals surface area contributed by atoms with Crippen LogP contribution < -0.4 is 5.73 Å². The van der Waals surface area contributed by atoms with Gasteiger partial charge in [0.2, 0.25) is 5.78 Å². The number of nitrogen functional groups attached to an aromatic ring is 1. The van der Waals surface area contributed by atoms with Gasteiger partial charge in [-0.25, -0.2) is 0 Å². The maximum Gasteiger partial charge on any atom is 0.209 e. The van der Waals surface area contributed by atoms with E-state index < -0.39 is 8.07 Å². The molecular weight excluding hydrogens is 292 g/mol. The maximum absolute atomic E-state index is 12.5. The molecule has 0 fully saturated rings. The van der Waals surface area contributed by atoms with E-state index in [4.69, 9.17) is 10.5 Å². The predicted octanol–water partition coefficient (Wildman–Crippen LogP) is 3.61. The Morgan fingerprint density at radius 2 is 1.86 bits per heavy atom. The van der Waals surface area contributed by atoms with E-state index in [9.17, 15) is 4.79 Å². The first kappa shape index (κ1) is 16.5. The van der Waals surface area contributed by atoms with Crippen LogP contribution in [0.2, 0.25) is 25.7 Å². The summed E-state index contributed by atoms with van der Waals surface area (Å²) in [5.74, 6) is -0.0150. The smallest absolute Gasteiger partial charge is 0.209 e. The number of hydrogen-bond acceptors (Lipinski definition) is 3. The van der Waals surface area contributed by atoms with Gasteiger partial charge in [-0.05, 0) is 42.4 Å². The normalized spacial score (nSPS) is 11.6. The van der Waals surface area contributed by atoms with E-state index in [0.29, 0.717) is 23.7 Å². The molecule has 0 amide bonds. The van der Waals surface area contributed by atoms with Crippen LogP contribution in [-0.4, -0.2) is 25.0 Å². The Bertz CT molecular complexity index is 627. The Kier molecular flexibility index (Phi) is 5.21. The van der Waals surface area contributed by atoms with E-state index in [2.05, 4.69) is 19.6 Å². The first-order chi connectivity index (χ1) is 10.4. The molecule has 0 radical (unpaired) electrons. The van der Waals surface area contributed by atoms with Gasteiger partial charge in [-0.3, -0.25) is 4.79 Å². The molecule has 2 N–H and O–H groups in total. The average molecular weight is 316 g/mol. The van der Waals surface area contributed by atoms with Gasteiger partial charge < -0.3 is 15.0 Å². The molecule has 0 unspecified atom stereocenters. The number of nitrogens with zero attached hydrogens (tertiary/aromatic N) is 1. The molecule has 4 nitrogen and oxygen atoms in total. The fourth-order valence-electron chi connectivity index (χ4n) is 2.06. The minimum atomic E-state index is -1.09. The number of rotatable bonds is 7. The van der Waals surface area contributed by atoms with Gasteiger partial charge in [0.05, 0.1) is 5.69 Å². The zero-order valence-electron chi connectivity index (χ0n) is 13.5. The third-order valence-corrected chi connectivity index (χ3v) is 5.17. The van der Waals surface area contributed by atoms with E-state index in [0.717, 1.165) is 12.7 Å². The van der Waals surface area contributed by atoms with Crippen molar-refractivity contribution in [1.29, 1.82) is 0 Å². The highest BCUT2D eigenvalue weighted by atomic mass is 28.3. The van der Waals surface area contributed by atoms with Crippen molar-refractivity contribution < 1.29 is 9.53 Å². The van der Waals surface area contributed by atoms with E-state index in [1.807, 2.05) is 22.9 Å². The SMILES string of the molecule is C[Si](C)(C)CCOCn1cccc1C(=O)c1ccc(N)cc1. The minimum absolute atomic E-state index is 0.0150. The van der Waals surface area contributed by atoms with Crippen molar-refractivity contribution in [2.24, 2.45) is 0 Å². The molecule has 1 heterocycles. The Morgan fingerprint density at radius 1 is 1.18 bits per heavy atom. The lowest BCUT2D eigenvalue weighted by Gasteiger charge is -2.16. The topological polar surface area (TPSA) is 57.2 Å². The van der Waals surface area contributed by atoms with Gasteiger partial charge >= 0.3 is 0 Å². The Morgan fingerprint density at radius 3 is 2.50 bits per heavy atom. The highest BCUT2D eigenvalue weighted by Crippen LogP contribution is 2.14. The van der Waals surface area contributed by atoms with Gasteiger partial charge in [0, 0.05) is 32.1 Å². The van der Waals surface area contributed by atoms with Crippen LogP contribution in [0.4, 0.5) is 5.69 Å². The first-order valence-electron chi connectivity index (χ1n) is 7.50. The number of hydrogen-bond donors (Lipinski definition) is 1. The molecule has 2 aromatic rings. The molecule has 0 aliphatic carbocycles. The fraction of sp³-hybridized carbons (Fsp3) is 0.353. The second-order valence-electron chi connectivity index (χ2n) is 6.66. The van der Waals surface area contributed by atoms with Crippen LogP contribution in [0.1, 0.15) is 16.1 Å². The number of nitrogens with two attached hydrogens (primary N) is 1. The lowest BCUT2D eigenvalue weighted by Crippen LogP contribution is -2.22. The summed E-state index contributed by atoms with van der Waals surface area (Å²) in [6, 6.07) is 11.8. The standard InChI is InChI=1S/C17H24N2O2Si/c1-22(2,3)12-11-21-13-19-10-4-5-16(19)17(20)14-6-8-15(18)9-7-14/h4-10H,11-13,18H2,1-3H3. The van der Waals surface area contributed by atoms with E-state index in [1.54, 1.807) is 24.3 Å². The summed E-state index contributed by atoms with van der Waals surface area (Å²) in [6.07, 6.45) is 1.87. The van der Waals surface area contributed by atoms with E-state index >= 15 is 0 Å². The van der Waals surface area contributed by atoms with Crippen molar-refractivity contribution >= 4 is 19.5 Å². The maximum atomic E-state index is 12.5. The molecule has 5 heteroatoms. The van der Waals surface area contributed by atoms with Crippen molar-refractivity contribution in [1.82, 2.24) is 4.57 Å². The highest BCUT2D eigenvalue weighted by molar-refractivity contribution is 6.76. The third kappa shape index (κ3) is 4.58. The summed E-state index contributed by atoms with van der Waals surface area (Å²) < 4.78 is 7.58. The van der Waals surface area contributed by atoms with Crippen molar-refractivity contribution in [3.8, 4) is 0 Å². The highest BCUT2D eigenvalue weighted by Gasteiger charge is 2.14. The van der Waals surface area contributed by atoms with Gasteiger partial charge in [-0.15, -0.1) is 0 Å². The summed E-state index contributed by atoms with van der Waals surface area (Å²) in [5, 5.41) is 0. The molecule has 0 bridgehead atoms. The van der Waals surface area contributed by atoms with Gasteiger partial charge in [-0.1, -0.05) is 19.6 Å². The lowest BCUT2D eigenvalue weighted by molar-refractivity contribution is 0.0819. The summed E-state index contributed by atoms with van der Waals surface area (Å²) in [6.45, 7) is 8.11. The number of carbonyl (C=O) groups is 1. The average Bonchev–Trinajstić information content (AvgIpc) is 2.91. The largest absolute Gasteiger partial charge is 0.399 e. The van der Waals surface area contributed by atoms with Crippen LogP contribution in [0, 0.1) is 0 Å². The molecule has 1 aromatic carbocycles. The van der Waals surface area contributed by atoms with Gasteiger partial charge in [-0.2, -0.15) is 0 Å². The molecule has 0 spiro atoms. The zero-order chi connectivity index (χ0) is 16.2. The second kappa shape index (κ2) is 6.94.